The van der Waals surface area contributed by atoms with Crippen molar-refractivity contribution in [1.82, 2.24) is 5.32 Å². The number of nitrogens with two attached hydrogens (primary N) is 1. The highest BCUT2D eigenvalue weighted by molar-refractivity contribution is 6.05. The third-order valence-corrected chi connectivity index (χ3v) is 5.21. The second-order valence-corrected chi connectivity index (χ2v) is 7.87. The minimum absolute atomic E-state index is 0.249. The van der Waals surface area contributed by atoms with E-state index >= 15 is 0 Å². The highest BCUT2D eigenvalue weighted by atomic mass is 16.5. The molecule has 0 atom stereocenters. The SMILES string of the molecule is CN(C)c1cccc2cc(C(=O)NCCOc3ccc(C(=O)Nc4ccccc4N)cc3)oc12. The van der Waals surface area contributed by atoms with E-state index in [1.54, 1.807) is 54.6 Å². The number of amides is 2. The molecule has 8 nitrogen and oxygen atoms in total. The van der Waals surface area contributed by atoms with E-state index in [2.05, 4.69) is 10.6 Å². The zero-order valence-corrected chi connectivity index (χ0v) is 19.0. The van der Waals surface area contributed by atoms with Crippen LogP contribution in [-0.2, 0) is 0 Å². The van der Waals surface area contributed by atoms with Crippen LogP contribution < -0.4 is 26.0 Å². The van der Waals surface area contributed by atoms with Crippen LogP contribution in [0.15, 0.2) is 77.2 Å². The molecule has 1 aromatic heterocycles. The van der Waals surface area contributed by atoms with E-state index in [1.807, 2.05) is 37.2 Å². The second kappa shape index (κ2) is 9.99. The number of ether oxygens (including phenoxy) is 1. The minimum Gasteiger partial charge on any atom is -0.492 e. The van der Waals surface area contributed by atoms with Crippen molar-refractivity contribution < 1.29 is 18.7 Å². The highest BCUT2D eigenvalue weighted by Crippen LogP contribution is 2.28. The molecular formula is C26H26N4O4. The summed E-state index contributed by atoms with van der Waals surface area (Å²) in [6, 6.07) is 21.3. The van der Waals surface area contributed by atoms with Crippen LogP contribution in [0.4, 0.5) is 17.1 Å². The number of para-hydroxylation sites is 3. The van der Waals surface area contributed by atoms with Gasteiger partial charge in [-0.25, -0.2) is 0 Å². The highest BCUT2D eigenvalue weighted by Gasteiger charge is 2.15. The van der Waals surface area contributed by atoms with Gasteiger partial charge in [0.1, 0.15) is 12.4 Å². The Hall–Kier alpha value is -4.46. The Balaban J connectivity index is 1.27. The van der Waals surface area contributed by atoms with Crippen molar-refractivity contribution in [1.29, 1.82) is 0 Å². The Morgan fingerprint density at radius 3 is 2.47 bits per heavy atom. The number of nitrogens with one attached hydrogen (secondary N) is 2. The third-order valence-electron chi connectivity index (χ3n) is 5.21. The zero-order chi connectivity index (χ0) is 24.1. The van der Waals surface area contributed by atoms with E-state index in [-0.39, 0.29) is 24.2 Å². The van der Waals surface area contributed by atoms with Crippen LogP contribution in [0.25, 0.3) is 11.0 Å². The number of nitrogen functional groups attached to an aromatic ring is 1. The smallest absolute Gasteiger partial charge is 0.287 e. The van der Waals surface area contributed by atoms with Gasteiger partial charge >= 0.3 is 0 Å². The average Bonchev–Trinajstić information content (AvgIpc) is 3.28. The van der Waals surface area contributed by atoms with Crippen molar-refractivity contribution in [3.05, 3.63) is 84.1 Å². The van der Waals surface area contributed by atoms with Gasteiger partial charge in [0, 0.05) is 25.0 Å². The van der Waals surface area contributed by atoms with E-state index in [1.165, 1.54) is 0 Å². The first-order valence-electron chi connectivity index (χ1n) is 10.8. The van der Waals surface area contributed by atoms with Crippen molar-refractivity contribution in [3.63, 3.8) is 0 Å². The van der Waals surface area contributed by atoms with E-state index in [4.69, 9.17) is 14.9 Å². The maximum absolute atomic E-state index is 12.5. The van der Waals surface area contributed by atoms with Gasteiger partial charge < -0.3 is 30.4 Å². The number of hydrogen-bond acceptors (Lipinski definition) is 6. The van der Waals surface area contributed by atoms with Crippen molar-refractivity contribution >= 4 is 39.8 Å². The zero-order valence-electron chi connectivity index (χ0n) is 19.0. The van der Waals surface area contributed by atoms with E-state index in [0.29, 0.717) is 34.8 Å². The topological polar surface area (TPSA) is 110 Å². The lowest BCUT2D eigenvalue weighted by atomic mass is 10.2. The van der Waals surface area contributed by atoms with Gasteiger partial charge in [-0.3, -0.25) is 9.59 Å². The molecule has 0 radical (unpaired) electrons. The molecule has 0 aliphatic heterocycles. The van der Waals surface area contributed by atoms with Crippen LogP contribution in [0, 0.1) is 0 Å². The van der Waals surface area contributed by atoms with Crippen LogP contribution in [0.1, 0.15) is 20.9 Å². The molecular weight excluding hydrogens is 432 g/mol. The number of nitrogens with zero attached hydrogens (tertiary/aromatic N) is 1. The van der Waals surface area contributed by atoms with Crippen LogP contribution in [0.5, 0.6) is 5.75 Å². The molecule has 3 aromatic carbocycles. The Morgan fingerprint density at radius 2 is 1.74 bits per heavy atom. The molecule has 0 aliphatic carbocycles. The Kier molecular flexibility index (Phi) is 6.68. The minimum atomic E-state index is -0.309. The molecule has 4 rings (SSSR count). The molecule has 0 aliphatic rings. The van der Waals surface area contributed by atoms with Crippen LogP contribution in [0.2, 0.25) is 0 Å². The molecule has 0 fully saturated rings. The number of hydrogen-bond donors (Lipinski definition) is 3. The van der Waals surface area contributed by atoms with E-state index < -0.39 is 0 Å². The summed E-state index contributed by atoms with van der Waals surface area (Å²) < 4.78 is 11.5. The number of anilines is 3. The van der Waals surface area contributed by atoms with E-state index in [0.717, 1.165) is 11.1 Å². The summed E-state index contributed by atoms with van der Waals surface area (Å²) in [6.45, 7) is 0.562. The van der Waals surface area contributed by atoms with Gasteiger partial charge in [-0.05, 0) is 48.5 Å². The first kappa shape index (κ1) is 22.7. The summed E-state index contributed by atoms with van der Waals surface area (Å²) >= 11 is 0. The summed E-state index contributed by atoms with van der Waals surface area (Å²) in [5.41, 5.74) is 8.98. The predicted molar refractivity (Wildman–Crippen MR) is 134 cm³/mol. The van der Waals surface area contributed by atoms with Crippen LogP contribution >= 0.6 is 0 Å². The fourth-order valence-electron chi connectivity index (χ4n) is 3.44. The summed E-state index contributed by atoms with van der Waals surface area (Å²) in [5, 5.41) is 6.44. The normalized spacial score (nSPS) is 10.6. The standard InChI is InChI=1S/C26H26N4O4/c1-30(2)22-9-5-6-18-16-23(34-24(18)22)26(32)28-14-15-33-19-12-10-17(11-13-19)25(31)29-21-8-4-3-7-20(21)27/h3-13,16H,14-15,27H2,1-2H3,(H,28,32)(H,29,31). The van der Waals surface area contributed by atoms with Gasteiger partial charge in [-0.1, -0.05) is 24.3 Å². The number of furan rings is 1. The maximum Gasteiger partial charge on any atom is 0.287 e. The predicted octanol–water partition coefficient (Wildman–Crippen LogP) is 4.14. The molecule has 8 heteroatoms. The van der Waals surface area contributed by atoms with Gasteiger partial charge in [0.2, 0.25) is 0 Å². The largest absolute Gasteiger partial charge is 0.492 e. The van der Waals surface area contributed by atoms with Crippen molar-refractivity contribution in [2.75, 3.05) is 43.2 Å². The maximum atomic E-state index is 12.5. The molecule has 0 spiro atoms. The van der Waals surface area contributed by atoms with Crippen molar-refractivity contribution in [2.45, 2.75) is 0 Å². The van der Waals surface area contributed by atoms with Gasteiger partial charge in [0.05, 0.1) is 23.6 Å². The molecule has 0 saturated heterocycles. The second-order valence-electron chi connectivity index (χ2n) is 7.87. The van der Waals surface area contributed by atoms with Gasteiger partial charge in [-0.15, -0.1) is 0 Å². The summed E-state index contributed by atoms with van der Waals surface area (Å²) in [7, 11) is 3.85. The summed E-state index contributed by atoms with van der Waals surface area (Å²) in [4.78, 5) is 26.8. The average molecular weight is 459 g/mol. The third kappa shape index (κ3) is 5.12. The van der Waals surface area contributed by atoms with E-state index in [9.17, 15) is 9.59 Å². The number of rotatable bonds is 8. The first-order chi connectivity index (χ1) is 16.4. The molecule has 0 bridgehead atoms. The Labute approximate surface area is 197 Å². The molecule has 1 heterocycles. The fourth-order valence-corrected chi connectivity index (χ4v) is 3.44. The lowest BCUT2D eigenvalue weighted by molar-refractivity contribution is 0.0921. The van der Waals surface area contributed by atoms with Crippen molar-refractivity contribution in [3.8, 4) is 5.75 Å². The molecule has 4 aromatic rings. The molecule has 0 saturated carbocycles. The van der Waals surface area contributed by atoms with Gasteiger partial charge in [-0.2, -0.15) is 0 Å². The monoisotopic (exact) mass is 458 g/mol. The lowest BCUT2D eigenvalue weighted by Gasteiger charge is -2.11. The summed E-state index contributed by atoms with van der Waals surface area (Å²) in [5.74, 6) is 0.264. The Bertz CT molecular complexity index is 1310. The van der Waals surface area contributed by atoms with Crippen LogP contribution in [-0.4, -0.2) is 39.1 Å². The molecule has 2 amide bonds. The number of carbonyl (C=O) groups excluding carboxylic acids is 2. The number of fused-ring (bicyclic) bond motifs is 1. The van der Waals surface area contributed by atoms with Gasteiger partial charge in [0.25, 0.3) is 11.8 Å². The van der Waals surface area contributed by atoms with Gasteiger partial charge in [0.15, 0.2) is 11.3 Å². The fraction of sp³-hybridized carbons (Fsp3) is 0.154. The first-order valence-corrected chi connectivity index (χ1v) is 10.8. The molecule has 0 unspecified atom stereocenters. The summed E-state index contributed by atoms with van der Waals surface area (Å²) in [6.07, 6.45) is 0. The Morgan fingerprint density at radius 1 is 0.971 bits per heavy atom. The molecule has 34 heavy (non-hydrogen) atoms. The lowest BCUT2D eigenvalue weighted by Crippen LogP contribution is -2.27. The van der Waals surface area contributed by atoms with Crippen LogP contribution in [0.3, 0.4) is 0 Å². The molecule has 4 N–H and O–H groups in total. The number of benzene rings is 3. The quantitative estimate of drug-likeness (QED) is 0.270. The molecule has 174 valence electrons. The van der Waals surface area contributed by atoms with Crippen molar-refractivity contribution in [2.24, 2.45) is 0 Å². The number of carbonyl (C=O) groups is 2.